The van der Waals surface area contributed by atoms with E-state index in [1.165, 1.54) is 13.0 Å². The summed E-state index contributed by atoms with van der Waals surface area (Å²) in [7, 11) is 0. The van der Waals surface area contributed by atoms with Crippen molar-refractivity contribution in [3.05, 3.63) is 34.6 Å². The minimum absolute atomic E-state index is 0.0773. The van der Waals surface area contributed by atoms with Gasteiger partial charge in [-0.25, -0.2) is 4.98 Å². The summed E-state index contributed by atoms with van der Waals surface area (Å²) in [4.78, 5) is 21.9. The smallest absolute Gasteiger partial charge is 0.260 e. The molecular formula is C16H22N4O. The number of hydrogen-bond donors (Lipinski definition) is 2. The standard InChI is InChI=1S/C16H22N4O/c1-2-9-20-10-7-12(8-11-20)17-16-18-14-6-4-3-5-13(14)15(21)19-16/h3-6,12H,2,7-11H2,1H3,(H2,17,18,19,21). The Labute approximate surface area is 124 Å². The molecule has 0 saturated carbocycles. The molecule has 2 heterocycles. The van der Waals surface area contributed by atoms with Crippen LogP contribution in [0.3, 0.4) is 0 Å². The van der Waals surface area contributed by atoms with E-state index in [1.807, 2.05) is 18.2 Å². The first-order valence-electron chi connectivity index (χ1n) is 7.74. The fraction of sp³-hybridized carbons (Fsp3) is 0.500. The van der Waals surface area contributed by atoms with Crippen LogP contribution in [0, 0.1) is 0 Å². The number of fused-ring (bicyclic) bond motifs is 1. The van der Waals surface area contributed by atoms with E-state index >= 15 is 0 Å². The Balaban J connectivity index is 1.70. The SMILES string of the molecule is CCCN1CCC(Nc2nc3ccccc3c(=O)[nH]2)CC1. The molecule has 0 spiro atoms. The van der Waals surface area contributed by atoms with E-state index in [1.54, 1.807) is 6.07 Å². The van der Waals surface area contributed by atoms with E-state index in [4.69, 9.17) is 0 Å². The Kier molecular flexibility index (Phi) is 4.20. The number of aromatic nitrogens is 2. The monoisotopic (exact) mass is 286 g/mol. The lowest BCUT2D eigenvalue weighted by Gasteiger charge is -2.32. The van der Waals surface area contributed by atoms with Crippen LogP contribution in [0.25, 0.3) is 10.9 Å². The molecule has 1 aliphatic heterocycles. The van der Waals surface area contributed by atoms with Gasteiger partial charge in [0.25, 0.3) is 5.56 Å². The Morgan fingerprint density at radius 3 is 2.86 bits per heavy atom. The minimum atomic E-state index is -0.0773. The zero-order valence-electron chi connectivity index (χ0n) is 12.4. The van der Waals surface area contributed by atoms with Gasteiger partial charge in [-0.1, -0.05) is 19.1 Å². The molecule has 1 fully saturated rings. The second-order valence-corrected chi connectivity index (χ2v) is 5.69. The van der Waals surface area contributed by atoms with E-state index in [2.05, 4.69) is 27.1 Å². The van der Waals surface area contributed by atoms with Crippen LogP contribution >= 0.6 is 0 Å². The van der Waals surface area contributed by atoms with Crippen molar-refractivity contribution >= 4 is 16.9 Å². The number of nitrogens with one attached hydrogen (secondary N) is 2. The van der Waals surface area contributed by atoms with E-state index in [0.29, 0.717) is 17.4 Å². The highest BCUT2D eigenvalue weighted by Gasteiger charge is 2.19. The van der Waals surface area contributed by atoms with Gasteiger partial charge < -0.3 is 10.2 Å². The lowest BCUT2D eigenvalue weighted by atomic mass is 10.1. The van der Waals surface area contributed by atoms with Gasteiger partial charge in [-0.2, -0.15) is 0 Å². The highest BCUT2D eigenvalue weighted by Crippen LogP contribution is 2.15. The maximum Gasteiger partial charge on any atom is 0.260 e. The van der Waals surface area contributed by atoms with Crippen molar-refractivity contribution in [1.82, 2.24) is 14.9 Å². The molecule has 0 aliphatic carbocycles. The predicted octanol–water partition coefficient (Wildman–Crippen LogP) is 2.21. The number of anilines is 1. The Hall–Kier alpha value is -1.88. The molecule has 1 aromatic carbocycles. The average Bonchev–Trinajstić information content (AvgIpc) is 2.50. The number of rotatable bonds is 4. The topological polar surface area (TPSA) is 61.0 Å². The highest BCUT2D eigenvalue weighted by molar-refractivity contribution is 5.78. The number of aromatic amines is 1. The lowest BCUT2D eigenvalue weighted by molar-refractivity contribution is 0.219. The molecule has 112 valence electrons. The summed E-state index contributed by atoms with van der Waals surface area (Å²) < 4.78 is 0. The van der Waals surface area contributed by atoms with Crippen molar-refractivity contribution < 1.29 is 0 Å². The van der Waals surface area contributed by atoms with Gasteiger partial charge >= 0.3 is 0 Å². The van der Waals surface area contributed by atoms with E-state index in [-0.39, 0.29) is 5.56 Å². The fourth-order valence-electron chi connectivity index (χ4n) is 2.97. The van der Waals surface area contributed by atoms with Crippen LogP contribution in [-0.2, 0) is 0 Å². The molecule has 2 N–H and O–H groups in total. The van der Waals surface area contributed by atoms with Crippen LogP contribution in [0.4, 0.5) is 5.95 Å². The maximum atomic E-state index is 12.0. The molecule has 21 heavy (non-hydrogen) atoms. The van der Waals surface area contributed by atoms with Gasteiger partial charge in [-0.3, -0.25) is 9.78 Å². The van der Waals surface area contributed by atoms with E-state index in [0.717, 1.165) is 31.4 Å². The third kappa shape index (κ3) is 3.24. The zero-order chi connectivity index (χ0) is 14.7. The summed E-state index contributed by atoms with van der Waals surface area (Å²) in [6.45, 7) is 5.62. The largest absolute Gasteiger partial charge is 0.353 e. The molecule has 2 aromatic rings. The molecule has 0 radical (unpaired) electrons. The number of likely N-dealkylation sites (tertiary alicyclic amines) is 1. The number of piperidine rings is 1. The first-order chi connectivity index (χ1) is 10.3. The van der Waals surface area contributed by atoms with Gasteiger partial charge in [-0.15, -0.1) is 0 Å². The number of nitrogens with zero attached hydrogens (tertiary/aromatic N) is 2. The first kappa shape index (κ1) is 14.1. The summed E-state index contributed by atoms with van der Waals surface area (Å²) in [5, 5.41) is 4.02. The fourth-order valence-corrected chi connectivity index (χ4v) is 2.97. The molecule has 5 heteroatoms. The van der Waals surface area contributed by atoms with Crippen molar-refractivity contribution in [3.8, 4) is 0 Å². The van der Waals surface area contributed by atoms with Crippen molar-refractivity contribution in [2.24, 2.45) is 0 Å². The van der Waals surface area contributed by atoms with Gasteiger partial charge in [0.1, 0.15) is 0 Å². The third-order valence-corrected chi connectivity index (χ3v) is 4.08. The molecule has 1 aromatic heterocycles. The molecule has 0 amide bonds. The summed E-state index contributed by atoms with van der Waals surface area (Å²) in [6, 6.07) is 7.83. The van der Waals surface area contributed by atoms with Crippen LogP contribution in [0.5, 0.6) is 0 Å². The predicted molar refractivity (Wildman–Crippen MR) is 85.7 cm³/mol. The normalized spacial score (nSPS) is 17.2. The molecule has 3 rings (SSSR count). The van der Waals surface area contributed by atoms with Gasteiger partial charge in [-0.05, 0) is 37.9 Å². The van der Waals surface area contributed by atoms with Crippen molar-refractivity contribution in [2.75, 3.05) is 25.0 Å². The maximum absolute atomic E-state index is 12.0. The second kappa shape index (κ2) is 6.26. The van der Waals surface area contributed by atoms with Crippen LogP contribution in [0.15, 0.2) is 29.1 Å². The highest BCUT2D eigenvalue weighted by atomic mass is 16.1. The Bertz CT molecular complexity index is 659. The summed E-state index contributed by atoms with van der Waals surface area (Å²) >= 11 is 0. The molecule has 0 bridgehead atoms. The average molecular weight is 286 g/mol. The van der Waals surface area contributed by atoms with Gasteiger partial charge in [0.05, 0.1) is 10.9 Å². The summed E-state index contributed by atoms with van der Waals surface area (Å²) in [5.74, 6) is 0.590. The van der Waals surface area contributed by atoms with Crippen LogP contribution in [-0.4, -0.2) is 40.5 Å². The van der Waals surface area contributed by atoms with Crippen molar-refractivity contribution in [3.63, 3.8) is 0 Å². The van der Waals surface area contributed by atoms with E-state index < -0.39 is 0 Å². The van der Waals surface area contributed by atoms with Crippen molar-refractivity contribution in [2.45, 2.75) is 32.2 Å². The molecule has 5 nitrogen and oxygen atoms in total. The number of H-pyrrole nitrogens is 1. The molecule has 0 unspecified atom stereocenters. The number of benzene rings is 1. The molecule has 0 atom stereocenters. The van der Waals surface area contributed by atoms with Crippen LogP contribution < -0.4 is 10.9 Å². The van der Waals surface area contributed by atoms with Gasteiger partial charge in [0.15, 0.2) is 0 Å². The summed E-state index contributed by atoms with van der Waals surface area (Å²) in [6.07, 6.45) is 3.39. The summed E-state index contributed by atoms with van der Waals surface area (Å²) in [5.41, 5.74) is 0.665. The van der Waals surface area contributed by atoms with Gasteiger partial charge in [0.2, 0.25) is 5.95 Å². The molecule has 1 aliphatic rings. The number of hydrogen-bond acceptors (Lipinski definition) is 4. The molecule has 1 saturated heterocycles. The zero-order valence-corrected chi connectivity index (χ0v) is 12.4. The minimum Gasteiger partial charge on any atom is -0.353 e. The first-order valence-corrected chi connectivity index (χ1v) is 7.74. The Morgan fingerprint density at radius 2 is 2.10 bits per heavy atom. The van der Waals surface area contributed by atoms with E-state index in [9.17, 15) is 4.79 Å². The van der Waals surface area contributed by atoms with Gasteiger partial charge in [0, 0.05) is 19.1 Å². The molecular weight excluding hydrogens is 264 g/mol. The third-order valence-electron chi connectivity index (χ3n) is 4.08. The number of para-hydroxylation sites is 1. The second-order valence-electron chi connectivity index (χ2n) is 5.69. The Morgan fingerprint density at radius 1 is 1.33 bits per heavy atom. The lowest BCUT2D eigenvalue weighted by Crippen LogP contribution is -2.39. The van der Waals surface area contributed by atoms with Crippen LogP contribution in [0.2, 0.25) is 0 Å². The quantitative estimate of drug-likeness (QED) is 0.904. The van der Waals surface area contributed by atoms with Crippen molar-refractivity contribution in [1.29, 1.82) is 0 Å². The van der Waals surface area contributed by atoms with Crippen LogP contribution in [0.1, 0.15) is 26.2 Å².